The maximum absolute atomic E-state index is 13.5. The van der Waals surface area contributed by atoms with E-state index in [-0.39, 0.29) is 5.92 Å². The molecule has 0 unspecified atom stereocenters. The van der Waals surface area contributed by atoms with Crippen LogP contribution in [0, 0.1) is 11.6 Å². The third-order valence-corrected chi connectivity index (χ3v) is 3.24. The average molecular weight is 225 g/mol. The Morgan fingerprint density at radius 1 is 1.31 bits per heavy atom. The molecule has 1 saturated carbocycles. The first-order valence-electron chi connectivity index (χ1n) is 5.89. The lowest BCUT2D eigenvalue weighted by atomic mass is 9.75. The summed E-state index contributed by atoms with van der Waals surface area (Å²) < 4.78 is 26.5. The topological polar surface area (TPSA) is 12.0 Å². The summed E-state index contributed by atoms with van der Waals surface area (Å²) in [5, 5.41) is 3.39. The fraction of sp³-hybridized carbons (Fsp3) is 0.538. The Morgan fingerprint density at radius 3 is 2.75 bits per heavy atom. The van der Waals surface area contributed by atoms with Crippen LogP contribution in [0.1, 0.15) is 37.7 Å². The zero-order chi connectivity index (χ0) is 11.5. The van der Waals surface area contributed by atoms with E-state index < -0.39 is 11.6 Å². The van der Waals surface area contributed by atoms with Gasteiger partial charge in [0.25, 0.3) is 0 Å². The van der Waals surface area contributed by atoms with E-state index in [1.54, 1.807) is 12.1 Å². The van der Waals surface area contributed by atoms with Crippen LogP contribution in [-0.2, 0) is 0 Å². The van der Waals surface area contributed by atoms with Crippen LogP contribution < -0.4 is 5.32 Å². The minimum Gasteiger partial charge on any atom is -0.314 e. The van der Waals surface area contributed by atoms with Crippen LogP contribution in [0.5, 0.6) is 0 Å². The molecule has 2 rings (SSSR count). The molecule has 16 heavy (non-hydrogen) atoms. The third-order valence-electron chi connectivity index (χ3n) is 3.24. The molecule has 0 radical (unpaired) electrons. The Kier molecular flexibility index (Phi) is 3.54. The van der Waals surface area contributed by atoms with Crippen LogP contribution in [0.4, 0.5) is 8.78 Å². The van der Waals surface area contributed by atoms with Gasteiger partial charge in [0.2, 0.25) is 0 Å². The number of benzene rings is 1. The van der Waals surface area contributed by atoms with E-state index in [9.17, 15) is 8.78 Å². The molecule has 1 aromatic rings. The third kappa shape index (κ3) is 2.24. The lowest BCUT2D eigenvalue weighted by molar-refractivity contribution is 0.284. The van der Waals surface area contributed by atoms with Gasteiger partial charge < -0.3 is 5.32 Å². The molecule has 0 amide bonds. The van der Waals surface area contributed by atoms with E-state index in [2.05, 4.69) is 12.2 Å². The van der Waals surface area contributed by atoms with E-state index in [4.69, 9.17) is 0 Å². The quantitative estimate of drug-likeness (QED) is 0.829. The molecule has 0 spiro atoms. The van der Waals surface area contributed by atoms with Crippen molar-refractivity contribution < 1.29 is 8.78 Å². The molecule has 1 nitrogen and oxygen atoms in total. The number of halogens is 2. The van der Waals surface area contributed by atoms with Crippen molar-refractivity contribution in [1.82, 2.24) is 5.32 Å². The molecule has 1 fully saturated rings. The number of rotatable bonds is 4. The van der Waals surface area contributed by atoms with Gasteiger partial charge in [-0.15, -0.1) is 0 Å². The molecule has 3 heteroatoms. The molecule has 0 bridgehead atoms. The zero-order valence-corrected chi connectivity index (χ0v) is 9.47. The summed E-state index contributed by atoms with van der Waals surface area (Å²) in [6, 6.07) is 4.93. The average Bonchev–Trinajstić information content (AvgIpc) is 2.22. The minimum absolute atomic E-state index is 0.185. The monoisotopic (exact) mass is 225 g/mol. The van der Waals surface area contributed by atoms with Crippen molar-refractivity contribution in [3.63, 3.8) is 0 Å². The van der Waals surface area contributed by atoms with Crippen LogP contribution in [-0.4, -0.2) is 12.6 Å². The molecule has 1 aromatic carbocycles. The zero-order valence-electron chi connectivity index (χ0n) is 9.47. The maximum atomic E-state index is 13.5. The van der Waals surface area contributed by atoms with Gasteiger partial charge in [-0.1, -0.05) is 19.1 Å². The SMILES string of the molecule is CCCNC1CC(c2cccc(F)c2F)C1. The largest absolute Gasteiger partial charge is 0.314 e. The van der Waals surface area contributed by atoms with Crippen LogP contribution in [0.2, 0.25) is 0 Å². The van der Waals surface area contributed by atoms with Gasteiger partial charge in [-0.25, -0.2) is 8.78 Å². The molecular formula is C13H17F2N. The van der Waals surface area contributed by atoms with Crippen molar-refractivity contribution in [2.45, 2.75) is 38.1 Å². The second-order valence-corrected chi connectivity index (χ2v) is 4.46. The molecule has 0 aromatic heterocycles. The predicted molar refractivity (Wildman–Crippen MR) is 60.4 cm³/mol. The molecule has 1 aliphatic rings. The van der Waals surface area contributed by atoms with Gasteiger partial charge >= 0.3 is 0 Å². The normalized spacial score (nSPS) is 24.2. The van der Waals surface area contributed by atoms with Crippen molar-refractivity contribution in [2.24, 2.45) is 0 Å². The first-order valence-corrected chi connectivity index (χ1v) is 5.89. The lowest BCUT2D eigenvalue weighted by Crippen LogP contribution is -2.40. The molecule has 1 N–H and O–H groups in total. The van der Waals surface area contributed by atoms with Gasteiger partial charge in [-0.3, -0.25) is 0 Å². The highest BCUT2D eigenvalue weighted by molar-refractivity contribution is 5.25. The molecule has 0 atom stereocenters. The fourth-order valence-corrected chi connectivity index (χ4v) is 2.22. The summed E-state index contributed by atoms with van der Waals surface area (Å²) in [7, 11) is 0. The summed E-state index contributed by atoms with van der Waals surface area (Å²) in [5.41, 5.74) is 0.537. The molecular weight excluding hydrogens is 208 g/mol. The van der Waals surface area contributed by atoms with Crippen molar-refractivity contribution in [1.29, 1.82) is 0 Å². The Bertz CT molecular complexity index is 359. The highest BCUT2D eigenvalue weighted by Crippen LogP contribution is 2.38. The minimum atomic E-state index is -0.734. The summed E-state index contributed by atoms with van der Waals surface area (Å²) >= 11 is 0. The van der Waals surface area contributed by atoms with Crippen molar-refractivity contribution >= 4 is 0 Å². The smallest absolute Gasteiger partial charge is 0.162 e. The Morgan fingerprint density at radius 2 is 2.06 bits per heavy atom. The van der Waals surface area contributed by atoms with Gasteiger partial charge in [0.15, 0.2) is 11.6 Å². The van der Waals surface area contributed by atoms with Crippen LogP contribution in [0.15, 0.2) is 18.2 Å². The number of hydrogen-bond donors (Lipinski definition) is 1. The van der Waals surface area contributed by atoms with E-state index in [1.165, 1.54) is 6.07 Å². The van der Waals surface area contributed by atoms with Gasteiger partial charge in [0, 0.05) is 6.04 Å². The predicted octanol–water partition coefficient (Wildman–Crippen LogP) is 3.21. The summed E-state index contributed by atoms with van der Waals surface area (Å²) in [6.07, 6.45) is 2.94. The maximum Gasteiger partial charge on any atom is 0.162 e. The highest BCUT2D eigenvalue weighted by atomic mass is 19.2. The van der Waals surface area contributed by atoms with Gasteiger partial charge in [-0.2, -0.15) is 0 Å². The summed E-state index contributed by atoms with van der Waals surface area (Å²) in [6.45, 7) is 3.12. The van der Waals surface area contributed by atoms with Crippen LogP contribution in [0.25, 0.3) is 0 Å². The van der Waals surface area contributed by atoms with Gasteiger partial charge in [0.1, 0.15) is 0 Å². The number of hydrogen-bond acceptors (Lipinski definition) is 1. The van der Waals surface area contributed by atoms with E-state index in [1.807, 2.05) is 0 Å². The Balaban J connectivity index is 1.94. The Labute approximate surface area is 94.9 Å². The number of nitrogens with one attached hydrogen (secondary N) is 1. The highest BCUT2D eigenvalue weighted by Gasteiger charge is 2.31. The van der Waals surface area contributed by atoms with E-state index in [0.717, 1.165) is 25.8 Å². The van der Waals surface area contributed by atoms with Crippen molar-refractivity contribution in [2.75, 3.05) is 6.54 Å². The summed E-state index contributed by atoms with van der Waals surface area (Å²) in [5.74, 6) is -1.21. The molecule has 88 valence electrons. The summed E-state index contributed by atoms with van der Waals surface area (Å²) in [4.78, 5) is 0. The Hall–Kier alpha value is -0.960. The van der Waals surface area contributed by atoms with E-state index in [0.29, 0.717) is 11.6 Å². The molecule has 0 saturated heterocycles. The van der Waals surface area contributed by atoms with E-state index >= 15 is 0 Å². The first kappa shape index (κ1) is 11.5. The fourth-order valence-electron chi connectivity index (χ4n) is 2.22. The van der Waals surface area contributed by atoms with Crippen LogP contribution >= 0.6 is 0 Å². The van der Waals surface area contributed by atoms with Gasteiger partial charge in [0.05, 0.1) is 0 Å². The first-order chi connectivity index (χ1) is 7.72. The van der Waals surface area contributed by atoms with Crippen molar-refractivity contribution in [3.8, 4) is 0 Å². The second-order valence-electron chi connectivity index (χ2n) is 4.46. The molecule has 0 heterocycles. The lowest BCUT2D eigenvalue weighted by Gasteiger charge is -2.36. The van der Waals surface area contributed by atoms with Crippen molar-refractivity contribution in [3.05, 3.63) is 35.4 Å². The van der Waals surface area contributed by atoms with Gasteiger partial charge in [-0.05, 0) is 43.4 Å². The second kappa shape index (κ2) is 4.91. The molecule has 1 aliphatic carbocycles. The molecule has 0 aliphatic heterocycles. The standard InChI is InChI=1S/C13H17F2N/c1-2-6-16-10-7-9(8-10)11-4-3-5-12(14)13(11)15/h3-5,9-10,16H,2,6-8H2,1H3. The van der Waals surface area contributed by atoms with Crippen LogP contribution in [0.3, 0.4) is 0 Å².